The smallest absolute Gasteiger partial charge is 0.322 e. The Bertz CT molecular complexity index is 1320. The monoisotopic (exact) mass is 459 g/mol. The molecule has 1 aromatic heterocycles. The maximum Gasteiger partial charge on any atom is 0.322 e. The second-order valence-electron chi connectivity index (χ2n) is 8.63. The van der Waals surface area contributed by atoms with Crippen molar-refractivity contribution in [2.75, 3.05) is 19.0 Å². The van der Waals surface area contributed by atoms with Crippen LogP contribution in [0.2, 0.25) is 5.02 Å². The number of methoxy groups -OCH3 is 1. The minimum atomic E-state index is -0.253. The first kappa shape index (κ1) is 21.4. The van der Waals surface area contributed by atoms with Gasteiger partial charge >= 0.3 is 6.03 Å². The zero-order chi connectivity index (χ0) is 23.1. The number of benzene rings is 3. The summed E-state index contributed by atoms with van der Waals surface area (Å²) in [4.78, 5) is 19.0. The number of rotatable bonds is 3. The standard InChI is InChI=1S/C27H26ClN3O2/c1-16-12-17(2)14-20(13-16)29-27(32)31-11-10-22-23-15-19(28)6-9-24(23)30-25(22)26(31)18-4-7-21(33-3)8-5-18/h4-9,12-15,26,30H,10-11H2,1-3H3,(H,29,32). The molecule has 1 aliphatic heterocycles. The number of carbonyl (C=O) groups is 1. The molecule has 5 rings (SSSR count). The van der Waals surface area contributed by atoms with Gasteiger partial charge < -0.3 is 19.9 Å². The van der Waals surface area contributed by atoms with Crippen molar-refractivity contribution in [1.29, 1.82) is 0 Å². The van der Waals surface area contributed by atoms with Crippen LogP contribution in [0.25, 0.3) is 10.9 Å². The lowest BCUT2D eigenvalue weighted by Gasteiger charge is -2.36. The first-order valence-electron chi connectivity index (χ1n) is 11.0. The fourth-order valence-electron chi connectivity index (χ4n) is 4.85. The summed E-state index contributed by atoms with van der Waals surface area (Å²) in [6.45, 7) is 4.66. The van der Waals surface area contributed by atoms with Crippen molar-refractivity contribution >= 4 is 34.2 Å². The van der Waals surface area contributed by atoms with Gasteiger partial charge in [0.25, 0.3) is 0 Å². The normalized spacial score (nSPS) is 15.4. The number of halogens is 1. The fraction of sp³-hybridized carbons (Fsp3) is 0.222. The maximum atomic E-state index is 13.5. The molecule has 1 atom stereocenters. The van der Waals surface area contributed by atoms with E-state index in [4.69, 9.17) is 16.3 Å². The number of nitrogens with one attached hydrogen (secondary N) is 2. The molecule has 0 aliphatic carbocycles. The van der Waals surface area contributed by atoms with Gasteiger partial charge in [-0.1, -0.05) is 29.8 Å². The molecule has 168 valence electrons. The van der Waals surface area contributed by atoms with Crippen LogP contribution in [-0.4, -0.2) is 29.6 Å². The molecule has 0 spiro atoms. The summed E-state index contributed by atoms with van der Waals surface area (Å²) in [5.74, 6) is 0.782. The molecule has 2 amide bonds. The molecule has 4 aromatic rings. The lowest BCUT2D eigenvalue weighted by molar-refractivity contribution is 0.193. The largest absolute Gasteiger partial charge is 0.497 e. The van der Waals surface area contributed by atoms with Crippen molar-refractivity contribution in [3.05, 3.63) is 93.6 Å². The van der Waals surface area contributed by atoms with Crippen LogP contribution < -0.4 is 10.1 Å². The van der Waals surface area contributed by atoms with E-state index in [0.29, 0.717) is 11.6 Å². The highest BCUT2D eigenvalue weighted by Crippen LogP contribution is 2.39. The third-order valence-electron chi connectivity index (χ3n) is 6.25. The Morgan fingerprint density at radius 1 is 1.06 bits per heavy atom. The number of hydrogen-bond acceptors (Lipinski definition) is 2. The van der Waals surface area contributed by atoms with E-state index in [-0.39, 0.29) is 12.1 Å². The zero-order valence-electron chi connectivity index (χ0n) is 18.9. The number of aromatic amines is 1. The molecule has 1 aliphatic rings. The van der Waals surface area contributed by atoms with Crippen molar-refractivity contribution in [3.8, 4) is 5.75 Å². The highest BCUT2D eigenvalue weighted by Gasteiger charge is 2.34. The number of aryl methyl sites for hydroxylation is 2. The van der Waals surface area contributed by atoms with E-state index < -0.39 is 0 Å². The number of fused-ring (bicyclic) bond motifs is 3. The number of nitrogens with zero attached hydrogens (tertiary/aromatic N) is 1. The Hall–Kier alpha value is -3.44. The van der Waals surface area contributed by atoms with Crippen LogP contribution in [0.4, 0.5) is 10.5 Å². The number of anilines is 1. The average Bonchev–Trinajstić information content (AvgIpc) is 3.15. The molecule has 2 heterocycles. The molecule has 1 unspecified atom stereocenters. The minimum absolute atomic E-state index is 0.122. The zero-order valence-corrected chi connectivity index (χ0v) is 19.7. The van der Waals surface area contributed by atoms with Crippen molar-refractivity contribution in [2.24, 2.45) is 0 Å². The number of aromatic nitrogens is 1. The van der Waals surface area contributed by atoms with E-state index in [1.807, 2.05) is 73.3 Å². The Morgan fingerprint density at radius 2 is 1.79 bits per heavy atom. The molecule has 33 heavy (non-hydrogen) atoms. The van der Waals surface area contributed by atoms with E-state index in [9.17, 15) is 4.79 Å². The number of carbonyl (C=O) groups excluding carboxylic acids is 1. The van der Waals surface area contributed by atoms with Gasteiger partial charge in [-0.15, -0.1) is 0 Å². The molecule has 0 bridgehead atoms. The molecular weight excluding hydrogens is 434 g/mol. The van der Waals surface area contributed by atoms with E-state index in [1.54, 1.807) is 7.11 Å². The van der Waals surface area contributed by atoms with Crippen LogP contribution in [0.1, 0.15) is 34.0 Å². The van der Waals surface area contributed by atoms with Gasteiger partial charge in [0, 0.05) is 33.9 Å². The number of urea groups is 1. The van der Waals surface area contributed by atoms with Gasteiger partial charge in [-0.25, -0.2) is 4.79 Å². The summed E-state index contributed by atoms with van der Waals surface area (Å²) in [5, 5.41) is 4.94. The van der Waals surface area contributed by atoms with Gasteiger partial charge in [-0.2, -0.15) is 0 Å². The van der Waals surface area contributed by atoms with E-state index >= 15 is 0 Å². The topological polar surface area (TPSA) is 57.4 Å². The molecule has 5 nitrogen and oxygen atoms in total. The number of hydrogen-bond donors (Lipinski definition) is 2. The minimum Gasteiger partial charge on any atom is -0.497 e. The molecule has 2 N–H and O–H groups in total. The lowest BCUT2D eigenvalue weighted by atomic mass is 9.92. The Morgan fingerprint density at radius 3 is 2.48 bits per heavy atom. The van der Waals surface area contributed by atoms with Crippen LogP contribution in [0, 0.1) is 13.8 Å². The van der Waals surface area contributed by atoms with Crippen molar-refractivity contribution in [2.45, 2.75) is 26.3 Å². The molecule has 0 fully saturated rings. The van der Waals surface area contributed by atoms with Gasteiger partial charge in [-0.3, -0.25) is 0 Å². The van der Waals surface area contributed by atoms with Crippen LogP contribution in [-0.2, 0) is 6.42 Å². The maximum absolute atomic E-state index is 13.5. The predicted molar refractivity (Wildman–Crippen MR) is 133 cm³/mol. The summed E-state index contributed by atoms with van der Waals surface area (Å²) in [6, 6.07) is 19.5. The number of ether oxygens (including phenoxy) is 1. The second-order valence-corrected chi connectivity index (χ2v) is 9.07. The summed E-state index contributed by atoms with van der Waals surface area (Å²) < 4.78 is 5.35. The van der Waals surface area contributed by atoms with E-state index in [0.717, 1.165) is 51.1 Å². The first-order valence-corrected chi connectivity index (χ1v) is 11.4. The number of H-pyrrole nitrogens is 1. The molecule has 3 aromatic carbocycles. The summed E-state index contributed by atoms with van der Waals surface area (Å²) >= 11 is 6.30. The highest BCUT2D eigenvalue weighted by molar-refractivity contribution is 6.31. The van der Waals surface area contributed by atoms with Crippen LogP contribution in [0.3, 0.4) is 0 Å². The predicted octanol–water partition coefficient (Wildman–Crippen LogP) is 6.63. The molecular formula is C27H26ClN3O2. The molecule has 0 saturated heterocycles. The molecule has 0 radical (unpaired) electrons. The SMILES string of the molecule is COc1ccc(C2c3[nH]c4ccc(Cl)cc4c3CCN2C(=O)Nc2cc(C)cc(C)c2)cc1. The van der Waals surface area contributed by atoms with Gasteiger partial charge in [0.05, 0.1) is 13.2 Å². The summed E-state index contributed by atoms with van der Waals surface area (Å²) in [5.41, 5.74) is 7.32. The second kappa shape index (κ2) is 8.49. The first-order chi connectivity index (χ1) is 15.9. The van der Waals surface area contributed by atoms with Crippen molar-refractivity contribution in [1.82, 2.24) is 9.88 Å². The van der Waals surface area contributed by atoms with Crippen LogP contribution in [0.5, 0.6) is 5.75 Å². The van der Waals surface area contributed by atoms with Crippen LogP contribution >= 0.6 is 11.6 Å². The fourth-order valence-corrected chi connectivity index (χ4v) is 5.03. The average molecular weight is 460 g/mol. The summed E-state index contributed by atoms with van der Waals surface area (Å²) in [6.07, 6.45) is 0.753. The third kappa shape index (κ3) is 4.05. The third-order valence-corrected chi connectivity index (χ3v) is 6.49. The summed E-state index contributed by atoms with van der Waals surface area (Å²) in [7, 11) is 1.65. The highest BCUT2D eigenvalue weighted by atomic mass is 35.5. The molecule has 6 heteroatoms. The van der Waals surface area contributed by atoms with Gasteiger partial charge in [0.1, 0.15) is 5.75 Å². The van der Waals surface area contributed by atoms with E-state index in [2.05, 4.69) is 16.4 Å². The Balaban J connectivity index is 1.58. The van der Waals surface area contributed by atoms with Crippen molar-refractivity contribution in [3.63, 3.8) is 0 Å². The quantitative estimate of drug-likeness (QED) is 0.361. The van der Waals surface area contributed by atoms with Gasteiger partial charge in [0.15, 0.2) is 0 Å². The molecule has 0 saturated carbocycles. The van der Waals surface area contributed by atoms with E-state index in [1.165, 1.54) is 5.56 Å². The lowest BCUT2D eigenvalue weighted by Crippen LogP contribution is -2.43. The van der Waals surface area contributed by atoms with Crippen molar-refractivity contribution < 1.29 is 9.53 Å². The van der Waals surface area contributed by atoms with Crippen LogP contribution in [0.15, 0.2) is 60.7 Å². The number of amides is 2. The Labute approximate surface area is 198 Å². The van der Waals surface area contributed by atoms with Gasteiger partial charge in [-0.05, 0) is 85.0 Å². The Kier molecular flexibility index (Phi) is 5.51. The van der Waals surface area contributed by atoms with Gasteiger partial charge in [0.2, 0.25) is 0 Å².